The maximum absolute atomic E-state index is 12.7. The highest BCUT2D eigenvalue weighted by Gasteiger charge is 2.25. The van der Waals surface area contributed by atoms with E-state index >= 15 is 0 Å². The molecule has 0 aliphatic heterocycles. The maximum atomic E-state index is 12.7. The molecule has 0 bridgehead atoms. The molecule has 0 rings (SSSR count). The van der Waals surface area contributed by atoms with Crippen LogP contribution in [-0.4, -0.2) is 87.4 Å². The fourth-order valence-corrected chi connectivity index (χ4v) is 4.98. The molecule has 9 nitrogen and oxygen atoms in total. The van der Waals surface area contributed by atoms with Crippen LogP contribution in [0.2, 0.25) is 0 Å². The third kappa shape index (κ3) is 34.0. The van der Waals surface area contributed by atoms with Crippen molar-refractivity contribution in [1.82, 2.24) is 0 Å². The summed E-state index contributed by atoms with van der Waals surface area (Å²) < 4.78 is 22.6. The molecule has 0 spiro atoms. The number of carbonyl (C=O) groups excluding carboxylic acids is 2. The van der Waals surface area contributed by atoms with Crippen LogP contribution in [0.5, 0.6) is 0 Å². The van der Waals surface area contributed by atoms with E-state index in [0.717, 1.165) is 83.5 Å². The number of carboxylic acid groups (broad SMARTS) is 1. The number of aliphatic carboxylic acids is 1. The van der Waals surface area contributed by atoms with Crippen molar-refractivity contribution < 1.29 is 42.9 Å². The molecule has 0 saturated heterocycles. The Morgan fingerprint density at radius 2 is 1.12 bits per heavy atom. The van der Waals surface area contributed by atoms with Gasteiger partial charge in [-0.25, -0.2) is 4.79 Å². The molecule has 1 N–H and O–H groups in total. The summed E-state index contributed by atoms with van der Waals surface area (Å²) in [6.45, 7) is 4.73. The zero-order valence-electron chi connectivity index (χ0n) is 32.5. The van der Waals surface area contributed by atoms with Crippen LogP contribution in [0.15, 0.2) is 36.5 Å². The number of likely N-dealkylation sites (N-methyl/N-ethyl adjacent to an activating group) is 1. The minimum Gasteiger partial charge on any atom is -0.477 e. The number of allylic oxidation sites excluding steroid dienone is 6. The van der Waals surface area contributed by atoms with Crippen LogP contribution in [-0.2, 0) is 33.3 Å². The predicted molar refractivity (Wildman–Crippen MR) is 203 cm³/mol. The van der Waals surface area contributed by atoms with Crippen molar-refractivity contribution >= 4 is 17.9 Å². The van der Waals surface area contributed by atoms with E-state index in [2.05, 4.69) is 50.3 Å². The summed E-state index contributed by atoms with van der Waals surface area (Å²) in [6, 6.07) is 0. The van der Waals surface area contributed by atoms with Crippen LogP contribution >= 0.6 is 0 Å². The Bertz CT molecular complexity index is 924. The number of quaternary nitrogens is 1. The second-order valence-corrected chi connectivity index (χ2v) is 14.2. The molecule has 0 aliphatic rings. The molecule has 50 heavy (non-hydrogen) atoms. The molecule has 0 aromatic carbocycles. The number of hydrogen-bond donors (Lipinski definition) is 1. The van der Waals surface area contributed by atoms with Gasteiger partial charge in [-0.2, -0.15) is 0 Å². The summed E-state index contributed by atoms with van der Waals surface area (Å²) in [5.74, 6) is -2.05. The van der Waals surface area contributed by atoms with E-state index in [1.54, 1.807) is 0 Å². The molecule has 0 aromatic heterocycles. The highest BCUT2D eigenvalue weighted by Crippen LogP contribution is 2.12. The van der Waals surface area contributed by atoms with Crippen LogP contribution in [0.1, 0.15) is 149 Å². The normalized spacial score (nSPS) is 13.4. The standard InChI is InChI=1S/C41H73NO8/c1-6-8-10-12-14-16-18-19-20-21-22-24-26-28-30-32-39(44)50-37(36-49-41(40(45)46)47-34-33-42(3,4)5)35-48-38(43)31-29-27-25-23-17-15-13-11-9-7-2/h11,13-14,16,19-20,37,41H,6-10,12,15,17-18,21-36H2,1-5H3/p+1/b13-11-,16-14-,20-19-. The van der Waals surface area contributed by atoms with Gasteiger partial charge in [-0.15, -0.1) is 0 Å². The van der Waals surface area contributed by atoms with Crippen molar-refractivity contribution in [3.63, 3.8) is 0 Å². The topological polar surface area (TPSA) is 108 Å². The highest BCUT2D eigenvalue weighted by atomic mass is 16.7. The third-order valence-electron chi connectivity index (χ3n) is 8.10. The number of rotatable bonds is 35. The molecule has 2 unspecified atom stereocenters. The largest absolute Gasteiger partial charge is 0.477 e. The maximum Gasteiger partial charge on any atom is 0.361 e. The first kappa shape index (κ1) is 47.5. The van der Waals surface area contributed by atoms with Gasteiger partial charge in [0.15, 0.2) is 6.10 Å². The van der Waals surface area contributed by atoms with Crippen LogP contribution in [0.25, 0.3) is 0 Å². The number of carboxylic acids is 1. The van der Waals surface area contributed by atoms with Crippen molar-refractivity contribution in [3.05, 3.63) is 36.5 Å². The molecule has 2 atom stereocenters. The van der Waals surface area contributed by atoms with Crippen LogP contribution in [0.3, 0.4) is 0 Å². The summed E-state index contributed by atoms with van der Waals surface area (Å²) >= 11 is 0. The molecule has 290 valence electrons. The van der Waals surface area contributed by atoms with E-state index in [1.165, 1.54) is 32.1 Å². The molecule has 0 amide bonds. The van der Waals surface area contributed by atoms with Crippen molar-refractivity contribution in [2.24, 2.45) is 0 Å². The van der Waals surface area contributed by atoms with E-state index in [0.29, 0.717) is 17.4 Å². The van der Waals surface area contributed by atoms with E-state index in [1.807, 2.05) is 21.1 Å². The molecule has 0 radical (unpaired) electrons. The number of unbranched alkanes of at least 4 members (excludes halogenated alkanes) is 14. The summed E-state index contributed by atoms with van der Waals surface area (Å²) in [7, 11) is 5.93. The van der Waals surface area contributed by atoms with Gasteiger partial charge in [0, 0.05) is 12.8 Å². The van der Waals surface area contributed by atoms with Crippen LogP contribution in [0, 0.1) is 0 Å². The lowest BCUT2D eigenvalue weighted by Gasteiger charge is -2.25. The number of esters is 2. The number of carbonyl (C=O) groups is 3. The van der Waals surface area contributed by atoms with Gasteiger partial charge < -0.3 is 28.5 Å². The lowest BCUT2D eigenvalue weighted by atomic mass is 10.1. The Hall–Kier alpha value is -2.49. The Morgan fingerprint density at radius 1 is 0.600 bits per heavy atom. The first-order valence-electron chi connectivity index (χ1n) is 19.7. The summed E-state index contributed by atoms with van der Waals surface area (Å²) in [4.78, 5) is 36.9. The minimum absolute atomic E-state index is 0.183. The minimum atomic E-state index is -1.51. The van der Waals surface area contributed by atoms with Gasteiger partial charge >= 0.3 is 17.9 Å². The Labute approximate surface area is 305 Å². The fraction of sp³-hybridized carbons (Fsp3) is 0.780. The zero-order valence-corrected chi connectivity index (χ0v) is 32.5. The summed E-state index contributed by atoms with van der Waals surface area (Å²) in [5, 5.41) is 9.58. The van der Waals surface area contributed by atoms with Gasteiger partial charge in [-0.05, 0) is 64.2 Å². The van der Waals surface area contributed by atoms with Gasteiger partial charge in [-0.3, -0.25) is 9.59 Å². The van der Waals surface area contributed by atoms with Gasteiger partial charge in [0.05, 0.1) is 34.4 Å². The van der Waals surface area contributed by atoms with E-state index < -0.39 is 24.3 Å². The third-order valence-corrected chi connectivity index (χ3v) is 8.10. The summed E-state index contributed by atoms with van der Waals surface area (Å²) in [5.41, 5.74) is 0. The number of hydrogen-bond acceptors (Lipinski definition) is 7. The van der Waals surface area contributed by atoms with Gasteiger partial charge in [0.2, 0.25) is 0 Å². The van der Waals surface area contributed by atoms with Crippen LogP contribution in [0.4, 0.5) is 0 Å². The highest BCUT2D eigenvalue weighted by molar-refractivity contribution is 5.71. The number of ether oxygens (including phenoxy) is 4. The van der Waals surface area contributed by atoms with Gasteiger partial charge in [0.25, 0.3) is 6.29 Å². The lowest BCUT2D eigenvalue weighted by molar-refractivity contribution is -0.870. The average molecular weight is 709 g/mol. The zero-order chi connectivity index (χ0) is 37.1. The lowest BCUT2D eigenvalue weighted by Crippen LogP contribution is -2.40. The van der Waals surface area contributed by atoms with Crippen molar-refractivity contribution in [3.8, 4) is 0 Å². The second-order valence-electron chi connectivity index (χ2n) is 14.2. The molecule has 0 fully saturated rings. The van der Waals surface area contributed by atoms with E-state index in [9.17, 15) is 19.5 Å². The summed E-state index contributed by atoms with van der Waals surface area (Å²) in [6.07, 6.45) is 32.0. The van der Waals surface area contributed by atoms with Gasteiger partial charge in [-0.1, -0.05) is 108 Å². The van der Waals surface area contributed by atoms with E-state index in [-0.39, 0.29) is 38.6 Å². The van der Waals surface area contributed by atoms with Crippen LogP contribution < -0.4 is 0 Å². The molecule has 0 aliphatic carbocycles. The smallest absolute Gasteiger partial charge is 0.361 e. The predicted octanol–water partition coefficient (Wildman–Crippen LogP) is 9.49. The second kappa shape index (κ2) is 33.6. The van der Waals surface area contributed by atoms with E-state index in [4.69, 9.17) is 18.9 Å². The molecular weight excluding hydrogens is 634 g/mol. The van der Waals surface area contributed by atoms with Crippen molar-refractivity contribution in [2.45, 2.75) is 161 Å². The Morgan fingerprint density at radius 3 is 1.68 bits per heavy atom. The quantitative estimate of drug-likeness (QED) is 0.0228. The SMILES string of the molecule is CCC/C=C\CCCCCCCC(=O)OCC(COC(OCC[N+](C)(C)C)C(=O)O)OC(=O)CCCCCCC/C=C\C/C=C\CCCCC. The fourth-order valence-electron chi connectivity index (χ4n) is 4.98. The number of nitrogens with zero attached hydrogens (tertiary/aromatic N) is 1. The molecular formula is C41H74NO8+. The molecule has 9 heteroatoms. The van der Waals surface area contributed by atoms with Gasteiger partial charge in [0.1, 0.15) is 13.2 Å². The average Bonchev–Trinajstić information content (AvgIpc) is 3.06. The van der Waals surface area contributed by atoms with Crippen molar-refractivity contribution in [1.29, 1.82) is 0 Å². The Balaban J connectivity index is 4.56. The molecule has 0 heterocycles. The molecule has 0 aromatic rings. The first-order chi connectivity index (χ1) is 24.1. The Kier molecular flexibility index (Phi) is 32.0. The monoisotopic (exact) mass is 709 g/mol. The van der Waals surface area contributed by atoms with Crippen molar-refractivity contribution in [2.75, 3.05) is 47.5 Å². The first-order valence-corrected chi connectivity index (χ1v) is 19.7. The molecule has 0 saturated carbocycles.